The number of carbonyl (C=O) groups excluding carboxylic acids is 2. The maximum atomic E-state index is 14.9. The van der Waals surface area contributed by atoms with Gasteiger partial charge in [0.05, 0.1) is 12.6 Å². The first-order valence-electron chi connectivity index (χ1n) is 19.7. The van der Waals surface area contributed by atoms with Crippen molar-refractivity contribution in [2.75, 3.05) is 13.1 Å². The fraction of sp³-hybridized carbons (Fsp3) is 0.854. The number of aliphatic hydroxyl groups is 1. The topological polar surface area (TPSA) is 66.8 Å². The second kappa shape index (κ2) is 9.33. The zero-order valence-corrected chi connectivity index (χ0v) is 28.5. The van der Waals surface area contributed by atoms with Gasteiger partial charge in [-0.25, -0.2) is 4.79 Å². The number of hydrogen-bond donors (Lipinski definition) is 1. The highest BCUT2D eigenvalue weighted by Crippen LogP contribution is 2.79. The molecule has 0 aromatic rings. The molecule has 1 N–H and O–H groups in total. The number of nitrogens with zero attached hydrogens (tertiary/aromatic N) is 1. The lowest BCUT2D eigenvalue weighted by Gasteiger charge is -2.71. The lowest BCUT2D eigenvalue weighted by Crippen LogP contribution is -2.67. The monoisotopic (exact) mass is 627 g/mol. The molecule has 1 aliphatic heterocycles. The van der Waals surface area contributed by atoms with Gasteiger partial charge < -0.3 is 14.7 Å². The first-order valence-corrected chi connectivity index (χ1v) is 19.7. The van der Waals surface area contributed by atoms with E-state index in [4.69, 9.17) is 4.74 Å². The summed E-state index contributed by atoms with van der Waals surface area (Å²) in [4.78, 5) is 31.0. The van der Waals surface area contributed by atoms with E-state index in [9.17, 15) is 14.7 Å². The summed E-state index contributed by atoms with van der Waals surface area (Å²) in [6.07, 6.45) is 27.7. The molecule has 46 heavy (non-hydrogen) atoms. The number of fused-ring (bicyclic) bond motifs is 2. The first kappa shape index (κ1) is 29.3. The van der Waals surface area contributed by atoms with Crippen LogP contribution in [0.25, 0.3) is 0 Å². The molecule has 8 unspecified atom stereocenters. The van der Waals surface area contributed by atoms with Crippen LogP contribution in [0, 0.1) is 62.6 Å². The van der Waals surface area contributed by atoms with Gasteiger partial charge in [0.25, 0.3) is 0 Å². The summed E-state index contributed by atoms with van der Waals surface area (Å²) in [5.74, 6) is 3.91. The van der Waals surface area contributed by atoms with E-state index < -0.39 is 5.60 Å². The van der Waals surface area contributed by atoms with Crippen LogP contribution in [-0.4, -0.2) is 46.7 Å². The van der Waals surface area contributed by atoms with Crippen molar-refractivity contribution in [3.8, 4) is 0 Å². The maximum Gasteiger partial charge on any atom is 0.410 e. The third kappa shape index (κ3) is 3.53. The Balaban J connectivity index is 1.02. The highest BCUT2D eigenvalue weighted by Gasteiger charge is 2.76. The lowest BCUT2D eigenvalue weighted by atomic mass is 9.32. The van der Waals surface area contributed by atoms with E-state index in [1.165, 1.54) is 44.9 Å². The van der Waals surface area contributed by atoms with E-state index in [1.807, 2.05) is 0 Å². The van der Waals surface area contributed by atoms with Gasteiger partial charge >= 0.3 is 6.09 Å². The Labute approximate surface area is 276 Å². The molecule has 12 aliphatic rings. The molecule has 0 aromatic heterocycles. The third-order valence-corrected chi connectivity index (χ3v) is 17.6. The van der Waals surface area contributed by atoms with Crippen LogP contribution in [0.15, 0.2) is 23.8 Å². The average molecular weight is 628 g/mol. The zero-order chi connectivity index (χ0) is 31.3. The van der Waals surface area contributed by atoms with Crippen molar-refractivity contribution in [2.24, 2.45) is 62.6 Å². The van der Waals surface area contributed by atoms with Gasteiger partial charge in [0.15, 0.2) is 5.78 Å². The number of rotatable bonds is 4. The van der Waals surface area contributed by atoms with Crippen LogP contribution >= 0.6 is 0 Å². The molecule has 1 amide bonds. The summed E-state index contributed by atoms with van der Waals surface area (Å²) in [6, 6.07) is 0. The number of ketones is 1. The molecule has 5 heteroatoms. The van der Waals surface area contributed by atoms with Gasteiger partial charge in [-0.1, -0.05) is 51.3 Å². The van der Waals surface area contributed by atoms with Gasteiger partial charge in [-0.05, 0) is 137 Å². The molecule has 5 nitrogen and oxygen atoms in total. The minimum atomic E-state index is -0.459. The molecule has 1 saturated heterocycles. The molecule has 0 radical (unpaired) electrons. The lowest BCUT2D eigenvalue weighted by molar-refractivity contribution is -0.169. The molecule has 9 fully saturated rings. The summed E-state index contributed by atoms with van der Waals surface area (Å²) in [7, 11) is 0. The summed E-state index contributed by atoms with van der Waals surface area (Å²) in [6.45, 7) is 6.63. The standard InChI is InChI=1S/C41H57NO4/c1-36-11-8-30(43)22-39(36)14-15-41(31(23-39)34(44)29-6-4-3-5-7-29)32(36)9-12-37(2)33(41)10-13-40(37)25-42(35(45)46-40)24-38-19-26-16-27(20-38)18-28(17-26)21-38/h14-15,23,26-30,32-33,43H,3-13,16-22,24-25H2,1-2H3. The number of allylic oxidation sites excluding steroid dienone is 4. The highest BCUT2D eigenvalue weighted by atomic mass is 16.6. The molecule has 1 heterocycles. The molecule has 8 saturated carbocycles. The Morgan fingerprint density at radius 1 is 0.848 bits per heavy atom. The molecule has 3 spiro atoms. The number of carbonyl (C=O) groups is 2. The Hall–Kier alpha value is -1.62. The third-order valence-electron chi connectivity index (χ3n) is 17.6. The molecular weight excluding hydrogens is 570 g/mol. The molecule has 6 bridgehead atoms. The summed E-state index contributed by atoms with van der Waals surface area (Å²) in [5, 5.41) is 11.0. The van der Waals surface area contributed by atoms with E-state index >= 15 is 0 Å². The predicted octanol–water partition coefficient (Wildman–Crippen LogP) is 8.40. The SMILES string of the molecule is CC12CCC(O)CC13C=CC1(C(C(=O)C4CCCCC4)=C3)C2CCC2(C)C1CCC21CN(CC23CC4CC(CC(C4)C2)C3)C(=O)O1. The number of ether oxygens (including phenoxy) is 1. The highest BCUT2D eigenvalue weighted by molar-refractivity contribution is 6.00. The Morgan fingerprint density at radius 2 is 1.50 bits per heavy atom. The Kier molecular flexibility index (Phi) is 5.95. The van der Waals surface area contributed by atoms with Crippen LogP contribution in [0.3, 0.4) is 0 Å². The average Bonchev–Trinajstić information content (AvgIpc) is 3.50. The molecule has 12 rings (SSSR count). The van der Waals surface area contributed by atoms with E-state index in [0.717, 1.165) is 107 Å². The van der Waals surface area contributed by atoms with Gasteiger partial charge in [-0.2, -0.15) is 0 Å². The van der Waals surface area contributed by atoms with Gasteiger partial charge in [-0.15, -0.1) is 0 Å². The zero-order valence-electron chi connectivity index (χ0n) is 28.5. The molecule has 11 aliphatic carbocycles. The quantitative estimate of drug-likeness (QED) is 0.318. The van der Waals surface area contributed by atoms with Gasteiger partial charge in [0, 0.05) is 34.3 Å². The van der Waals surface area contributed by atoms with E-state index in [1.54, 1.807) is 0 Å². The fourth-order valence-corrected chi connectivity index (χ4v) is 16.0. The van der Waals surface area contributed by atoms with Crippen molar-refractivity contribution in [2.45, 2.75) is 141 Å². The first-order chi connectivity index (χ1) is 22.0. The van der Waals surface area contributed by atoms with Crippen molar-refractivity contribution < 1.29 is 19.4 Å². The Morgan fingerprint density at radius 3 is 2.22 bits per heavy atom. The largest absolute Gasteiger partial charge is 0.440 e. The normalized spacial score (nSPS) is 54.9. The number of amides is 1. The van der Waals surface area contributed by atoms with Crippen molar-refractivity contribution in [3.05, 3.63) is 23.8 Å². The Bertz CT molecular complexity index is 1390. The van der Waals surface area contributed by atoms with Gasteiger partial charge in [0.1, 0.15) is 5.60 Å². The molecular formula is C41H57NO4. The van der Waals surface area contributed by atoms with E-state index in [-0.39, 0.29) is 39.8 Å². The summed E-state index contributed by atoms with van der Waals surface area (Å²) < 4.78 is 6.77. The summed E-state index contributed by atoms with van der Waals surface area (Å²) >= 11 is 0. The van der Waals surface area contributed by atoms with E-state index in [2.05, 4.69) is 37.0 Å². The minimum absolute atomic E-state index is 0.0469. The number of hydrogen-bond acceptors (Lipinski definition) is 4. The van der Waals surface area contributed by atoms with Crippen LogP contribution in [0.5, 0.6) is 0 Å². The van der Waals surface area contributed by atoms with Crippen LogP contribution in [0.2, 0.25) is 0 Å². The van der Waals surface area contributed by atoms with Crippen LogP contribution in [0.1, 0.15) is 129 Å². The molecule has 8 atom stereocenters. The van der Waals surface area contributed by atoms with Crippen LogP contribution in [0.4, 0.5) is 4.79 Å². The predicted molar refractivity (Wildman–Crippen MR) is 177 cm³/mol. The smallest absolute Gasteiger partial charge is 0.410 e. The second-order valence-corrected chi connectivity index (χ2v) is 19.6. The minimum Gasteiger partial charge on any atom is -0.440 e. The molecule has 0 aromatic carbocycles. The van der Waals surface area contributed by atoms with Gasteiger partial charge in [0.2, 0.25) is 0 Å². The second-order valence-electron chi connectivity index (χ2n) is 19.6. The fourth-order valence-electron chi connectivity index (χ4n) is 16.0. The van der Waals surface area contributed by atoms with Crippen molar-refractivity contribution >= 4 is 11.9 Å². The van der Waals surface area contributed by atoms with E-state index in [0.29, 0.717) is 23.0 Å². The maximum absolute atomic E-state index is 14.9. The van der Waals surface area contributed by atoms with Crippen molar-refractivity contribution in [1.29, 1.82) is 0 Å². The van der Waals surface area contributed by atoms with Crippen molar-refractivity contribution in [1.82, 2.24) is 4.90 Å². The van der Waals surface area contributed by atoms with Crippen LogP contribution < -0.4 is 0 Å². The van der Waals surface area contributed by atoms with Gasteiger partial charge in [-0.3, -0.25) is 4.79 Å². The molecule has 250 valence electrons. The van der Waals surface area contributed by atoms with Crippen LogP contribution in [-0.2, 0) is 9.53 Å². The number of Topliss-reactive ketones (excluding diaryl/α,β-unsaturated/α-hetero) is 1. The van der Waals surface area contributed by atoms with Crippen molar-refractivity contribution in [3.63, 3.8) is 0 Å². The number of aliphatic hydroxyl groups excluding tert-OH is 1. The summed E-state index contributed by atoms with van der Waals surface area (Å²) in [5.41, 5.74) is 0.341.